The maximum atomic E-state index is 7.03. The molecule has 3 heterocycles. The maximum absolute atomic E-state index is 7.03. The van der Waals surface area contributed by atoms with E-state index in [-0.39, 0.29) is 0 Å². The normalized spacial score (nSPS) is 12.9. The molecule has 3 aromatic heterocycles. The molecule has 0 aliphatic heterocycles. The zero-order valence-corrected chi connectivity index (χ0v) is 34.9. The summed E-state index contributed by atoms with van der Waals surface area (Å²) in [7, 11) is 0. The molecule has 0 bridgehead atoms. The number of furan rings is 1. The molecule has 0 unspecified atom stereocenters. The fourth-order valence-electron chi connectivity index (χ4n) is 8.98. The van der Waals surface area contributed by atoms with Crippen molar-refractivity contribution in [3.05, 3.63) is 223 Å². The highest BCUT2D eigenvalue weighted by Crippen LogP contribution is 2.42. The van der Waals surface area contributed by atoms with E-state index in [4.69, 9.17) is 19.4 Å². The van der Waals surface area contributed by atoms with Crippen molar-refractivity contribution in [1.82, 2.24) is 19.5 Å². The molecule has 63 heavy (non-hydrogen) atoms. The molecular weight excluding hydrogens is 769 g/mol. The Balaban J connectivity index is 1.06. The Hall–Kier alpha value is -8.15. The van der Waals surface area contributed by atoms with Crippen LogP contribution in [0.5, 0.6) is 0 Å². The summed E-state index contributed by atoms with van der Waals surface area (Å²) >= 11 is 0. The van der Waals surface area contributed by atoms with Crippen molar-refractivity contribution in [3.63, 3.8) is 0 Å². The zero-order chi connectivity index (χ0) is 42.3. The number of fused-ring (bicyclic) bond motifs is 6. The smallest absolute Gasteiger partial charge is 0.164 e. The predicted molar refractivity (Wildman–Crippen MR) is 261 cm³/mol. The minimum atomic E-state index is 0.616. The average Bonchev–Trinajstić information content (AvgIpc) is 3.90. The van der Waals surface area contributed by atoms with E-state index in [2.05, 4.69) is 157 Å². The van der Waals surface area contributed by atoms with Crippen LogP contribution < -0.4 is 0 Å². The molecule has 0 amide bonds. The van der Waals surface area contributed by atoms with Crippen LogP contribution in [0.2, 0.25) is 0 Å². The van der Waals surface area contributed by atoms with Gasteiger partial charge in [0.1, 0.15) is 5.76 Å². The summed E-state index contributed by atoms with van der Waals surface area (Å²) < 4.78 is 9.42. The molecule has 11 rings (SSSR count). The Kier molecular flexibility index (Phi) is 9.63. The van der Waals surface area contributed by atoms with Crippen LogP contribution in [0.4, 0.5) is 0 Å². The summed E-state index contributed by atoms with van der Waals surface area (Å²) in [5.41, 5.74) is 15.0. The van der Waals surface area contributed by atoms with E-state index in [1.807, 2.05) is 61.5 Å². The number of benzene rings is 7. The molecule has 300 valence electrons. The Labute approximate surface area is 366 Å². The van der Waals surface area contributed by atoms with Gasteiger partial charge in [0, 0.05) is 38.4 Å². The summed E-state index contributed by atoms with van der Waals surface area (Å²) in [6.45, 7) is 6.08. The summed E-state index contributed by atoms with van der Waals surface area (Å²) in [6.07, 6.45) is 11.7. The molecule has 10 aromatic rings. The molecule has 0 atom stereocenters. The van der Waals surface area contributed by atoms with Crippen LogP contribution in [0.3, 0.4) is 0 Å². The lowest BCUT2D eigenvalue weighted by Crippen LogP contribution is -2.05. The molecule has 7 aromatic carbocycles. The largest absolute Gasteiger partial charge is 0.454 e. The molecule has 5 heteroatoms. The van der Waals surface area contributed by atoms with Gasteiger partial charge >= 0.3 is 0 Å². The van der Waals surface area contributed by atoms with Gasteiger partial charge in [0.2, 0.25) is 0 Å². The van der Waals surface area contributed by atoms with Crippen LogP contribution >= 0.6 is 0 Å². The number of aryl methyl sites for hydroxylation is 1. The van der Waals surface area contributed by atoms with Crippen molar-refractivity contribution in [2.24, 2.45) is 0 Å². The first-order chi connectivity index (χ1) is 31.1. The van der Waals surface area contributed by atoms with Gasteiger partial charge in [-0.25, -0.2) is 15.0 Å². The van der Waals surface area contributed by atoms with Gasteiger partial charge in [0.05, 0.1) is 16.7 Å². The first-order valence-electron chi connectivity index (χ1n) is 21.5. The molecule has 0 N–H and O–H groups in total. The quantitative estimate of drug-likeness (QED) is 0.136. The average molecular weight is 811 g/mol. The third-order valence-corrected chi connectivity index (χ3v) is 12.1. The lowest BCUT2D eigenvalue weighted by atomic mass is 9.94. The van der Waals surface area contributed by atoms with E-state index >= 15 is 0 Å². The molecule has 0 radical (unpaired) electrons. The number of hydrogen-bond acceptors (Lipinski definition) is 4. The topological polar surface area (TPSA) is 56.7 Å². The highest BCUT2D eigenvalue weighted by Gasteiger charge is 2.25. The molecule has 0 fully saturated rings. The van der Waals surface area contributed by atoms with Crippen LogP contribution in [-0.4, -0.2) is 19.5 Å². The van der Waals surface area contributed by atoms with E-state index in [1.165, 1.54) is 38.6 Å². The van der Waals surface area contributed by atoms with E-state index in [0.717, 1.165) is 74.1 Å². The van der Waals surface area contributed by atoms with Crippen LogP contribution in [0.15, 0.2) is 205 Å². The first kappa shape index (κ1) is 37.8. The summed E-state index contributed by atoms with van der Waals surface area (Å²) in [4.78, 5) is 15.3. The second-order valence-electron chi connectivity index (χ2n) is 15.9. The Morgan fingerprint density at radius 3 is 1.94 bits per heavy atom. The third-order valence-electron chi connectivity index (χ3n) is 12.1. The first-order valence-corrected chi connectivity index (χ1v) is 21.5. The van der Waals surface area contributed by atoms with Gasteiger partial charge in [0.25, 0.3) is 0 Å². The SMILES string of the molecule is C=C/C(=C\C=C/C)c1cccc(-c2nc(C3=Cc4oc5c(-n6c7ccc(-c8ccccc8)cc7c7ccc(-c8ccccc8)cc76)cccc5c4CC3)nc(-c3ccccc3)n2)c1. The maximum Gasteiger partial charge on any atom is 0.164 e. The van der Waals surface area contributed by atoms with Crippen LogP contribution in [-0.2, 0) is 6.42 Å². The van der Waals surface area contributed by atoms with Crippen molar-refractivity contribution in [2.75, 3.05) is 0 Å². The van der Waals surface area contributed by atoms with Crippen molar-refractivity contribution >= 4 is 50.0 Å². The molecule has 1 aliphatic carbocycles. The number of rotatable bonds is 9. The number of hydrogen-bond donors (Lipinski definition) is 0. The standard InChI is InChI=1S/C58H42N4O/c1-3-5-17-38(4-2)42-24-15-25-45(34-42)57-59-56(41-22-13-8-14-23-41)60-58(61-57)46-29-32-48-49-26-16-27-52(55(49)63-54(48)37-46)62-51-33-30-43(39-18-9-6-10-19-39)35-50(51)47-31-28-44(36-53(47)62)40-20-11-7-12-21-40/h3-28,30-31,33-37H,2,29,32H2,1H3/b5-3-,38-17+. The molecule has 1 aliphatic rings. The Morgan fingerprint density at radius 1 is 0.556 bits per heavy atom. The fourth-order valence-corrected chi connectivity index (χ4v) is 8.98. The van der Waals surface area contributed by atoms with Crippen LogP contribution in [0, 0.1) is 0 Å². The summed E-state index contributed by atoms with van der Waals surface area (Å²) in [5.74, 6) is 2.73. The van der Waals surface area contributed by atoms with E-state index in [1.54, 1.807) is 0 Å². The van der Waals surface area contributed by atoms with Gasteiger partial charge in [-0.1, -0.05) is 170 Å². The van der Waals surface area contributed by atoms with Crippen molar-refractivity contribution in [2.45, 2.75) is 19.8 Å². The lowest BCUT2D eigenvalue weighted by Gasteiger charge is -2.14. The van der Waals surface area contributed by atoms with E-state index in [0.29, 0.717) is 17.5 Å². The van der Waals surface area contributed by atoms with Crippen molar-refractivity contribution < 1.29 is 4.42 Å². The second kappa shape index (κ2) is 16.0. The van der Waals surface area contributed by atoms with E-state index < -0.39 is 0 Å². The van der Waals surface area contributed by atoms with Crippen molar-refractivity contribution in [1.29, 1.82) is 0 Å². The molecular formula is C58H42N4O. The number of aromatic nitrogens is 4. The number of para-hydroxylation sites is 1. The zero-order valence-electron chi connectivity index (χ0n) is 34.9. The van der Waals surface area contributed by atoms with Crippen LogP contribution in [0.25, 0.3) is 101 Å². The Morgan fingerprint density at radius 2 is 1.21 bits per heavy atom. The lowest BCUT2D eigenvalue weighted by molar-refractivity contribution is 0.594. The number of nitrogens with zero attached hydrogens (tertiary/aromatic N) is 4. The summed E-state index contributed by atoms with van der Waals surface area (Å²) in [6, 6.07) is 59.8. The van der Waals surface area contributed by atoms with Gasteiger partial charge in [-0.05, 0) is 89.6 Å². The minimum absolute atomic E-state index is 0.616. The molecule has 0 saturated heterocycles. The summed E-state index contributed by atoms with van der Waals surface area (Å²) in [5, 5.41) is 3.51. The molecule has 5 nitrogen and oxygen atoms in total. The second-order valence-corrected chi connectivity index (χ2v) is 15.9. The van der Waals surface area contributed by atoms with Gasteiger partial charge in [-0.3, -0.25) is 0 Å². The molecule has 0 saturated carbocycles. The number of allylic oxidation sites excluding steroid dienone is 6. The minimum Gasteiger partial charge on any atom is -0.454 e. The van der Waals surface area contributed by atoms with Crippen LogP contribution in [0.1, 0.15) is 36.1 Å². The fraction of sp³-hybridized carbons (Fsp3) is 0.0517. The van der Waals surface area contributed by atoms with Gasteiger partial charge in [-0.2, -0.15) is 0 Å². The Bertz CT molecular complexity index is 3460. The highest BCUT2D eigenvalue weighted by molar-refractivity contribution is 6.12. The van der Waals surface area contributed by atoms with Crippen molar-refractivity contribution in [3.8, 4) is 50.7 Å². The third kappa shape index (κ3) is 6.90. The predicted octanol–water partition coefficient (Wildman–Crippen LogP) is 15.0. The van der Waals surface area contributed by atoms with Gasteiger partial charge in [-0.15, -0.1) is 0 Å². The van der Waals surface area contributed by atoms with Gasteiger partial charge in [0.15, 0.2) is 23.1 Å². The van der Waals surface area contributed by atoms with Gasteiger partial charge < -0.3 is 8.98 Å². The molecule has 0 spiro atoms. The van der Waals surface area contributed by atoms with E-state index in [9.17, 15) is 0 Å². The monoisotopic (exact) mass is 810 g/mol. The highest BCUT2D eigenvalue weighted by atomic mass is 16.3.